The van der Waals surface area contributed by atoms with E-state index < -0.39 is 5.97 Å². The van der Waals surface area contributed by atoms with Gasteiger partial charge in [-0.05, 0) is 24.1 Å². The molecule has 126 valence electrons. The molecule has 2 aromatic rings. The zero-order valence-electron chi connectivity index (χ0n) is 13.6. The first-order chi connectivity index (χ1) is 11.7. The molecule has 1 atom stereocenters. The number of hydrogen-bond donors (Lipinski definition) is 1. The molecule has 0 aromatic heterocycles. The first-order valence-electron chi connectivity index (χ1n) is 7.73. The number of anilines is 1. The fourth-order valence-corrected chi connectivity index (χ4v) is 2.73. The fourth-order valence-electron chi connectivity index (χ4n) is 2.45. The second-order valence-corrected chi connectivity index (χ2v) is 5.77. The van der Waals surface area contributed by atoms with Gasteiger partial charge < -0.3 is 9.64 Å². The summed E-state index contributed by atoms with van der Waals surface area (Å²) in [6.07, 6.45) is 0.577. The predicted octanol–water partition coefficient (Wildman–Crippen LogP) is 2.98. The van der Waals surface area contributed by atoms with Crippen molar-refractivity contribution in [2.45, 2.75) is 6.42 Å². The Morgan fingerprint density at radius 1 is 1.04 bits per heavy atom. The van der Waals surface area contributed by atoms with Crippen LogP contribution < -0.4 is 4.90 Å². The summed E-state index contributed by atoms with van der Waals surface area (Å²) in [5, 5.41) is 0. The Bertz CT molecular complexity index is 661. The maximum Gasteiger partial charge on any atom is 0.325 e. The van der Waals surface area contributed by atoms with Crippen LogP contribution in [0.15, 0.2) is 60.7 Å². The Morgan fingerprint density at radius 3 is 2.17 bits per heavy atom. The van der Waals surface area contributed by atoms with E-state index in [2.05, 4.69) is 12.6 Å². The molecule has 5 heteroatoms. The third-order valence-electron chi connectivity index (χ3n) is 3.74. The van der Waals surface area contributed by atoms with Crippen LogP contribution in [0, 0.1) is 5.92 Å². The number of esters is 1. The third-order valence-corrected chi connectivity index (χ3v) is 4.18. The van der Waals surface area contributed by atoms with Gasteiger partial charge in [-0.2, -0.15) is 12.6 Å². The Hall–Kier alpha value is -2.27. The minimum Gasteiger partial charge on any atom is -0.468 e. The summed E-state index contributed by atoms with van der Waals surface area (Å²) in [5.41, 5.74) is 1.74. The van der Waals surface area contributed by atoms with Gasteiger partial charge in [0.1, 0.15) is 6.54 Å². The van der Waals surface area contributed by atoms with E-state index in [-0.39, 0.29) is 18.4 Å². The molecule has 0 N–H and O–H groups in total. The number of rotatable bonds is 7. The van der Waals surface area contributed by atoms with Gasteiger partial charge in [0.15, 0.2) is 0 Å². The number of carbonyl (C=O) groups is 2. The molecule has 0 unspecified atom stereocenters. The first-order valence-corrected chi connectivity index (χ1v) is 8.37. The van der Waals surface area contributed by atoms with E-state index in [0.29, 0.717) is 17.9 Å². The average Bonchev–Trinajstić information content (AvgIpc) is 2.65. The molecule has 4 nitrogen and oxygen atoms in total. The molecule has 0 radical (unpaired) electrons. The molecule has 0 aliphatic carbocycles. The fraction of sp³-hybridized carbons (Fsp3) is 0.263. The van der Waals surface area contributed by atoms with Gasteiger partial charge in [-0.25, -0.2) is 0 Å². The van der Waals surface area contributed by atoms with E-state index in [1.807, 2.05) is 48.5 Å². The molecule has 0 bridgehead atoms. The van der Waals surface area contributed by atoms with E-state index in [1.165, 1.54) is 12.0 Å². The maximum absolute atomic E-state index is 13.0. The number of carbonyl (C=O) groups excluding carboxylic acids is 2. The summed E-state index contributed by atoms with van der Waals surface area (Å²) in [4.78, 5) is 26.2. The number of ether oxygens (including phenoxy) is 1. The van der Waals surface area contributed by atoms with Gasteiger partial charge in [-0.3, -0.25) is 9.59 Å². The minimum absolute atomic E-state index is 0.113. The van der Waals surface area contributed by atoms with E-state index >= 15 is 0 Å². The van der Waals surface area contributed by atoms with Crippen LogP contribution in [-0.2, 0) is 20.7 Å². The quantitative estimate of drug-likeness (QED) is 0.621. The predicted molar refractivity (Wildman–Crippen MR) is 98.3 cm³/mol. The number of amides is 1. The number of nitrogens with zero attached hydrogens (tertiary/aromatic N) is 1. The standard InChI is InChI=1S/C19H21NO3S/c1-23-18(21)13-20(17-10-6-3-7-11-17)19(22)16(14-24)12-15-8-4-2-5-9-15/h2-11,16,24H,12-14H2,1H3/t16-/m0/s1. The second kappa shape index (κ2) is 9.13. The van der Waals surface area contributed by atoms with Crippen LogP contribution in [0.3, 0.4) is 0 Å². The lowest BCUT2D eigenvalue weighted by atomic mass is 9.99. The van der Waals surface area contributed by atoms with Crippen molar-refractivity contribution in [3.8, 4) is 0 Å². The third kappa shape index (κ3) is 4.86. The van der Waals surface area contributed by atoms with Gasteiger partial charge in [0.05, 0.1) is 13.0 Å². The molecule has 0 heterocycles. The molecule has 0 aliphatic rings. The summed E-state index contributed by atoms with van der Waals surface area (Å²) in [6.45, 7) is -0.113. The zero-order valence-corrected chi connectivity index (χ0v) is 14.5. The molecule has 1 amide bonds. The molecule has 0 fully saturated rings. The average molecular weight is 343 g/mol. The second-order valence-electron chi connectivity index (χ2n) is 5.41. The maximum atomic E-state index is 13.0. The summed E-state index contributed by atoms with van der Waals surface area (Å²) in [6, 6.07) is 18.9. The smallest absolute Gasteiger partial charge is 0.325 e. The largest absolute Gasteiger partial charge is 0.468 e. The highest BCUT2D eigenvalue weighted by atomic mass is 32.1. The van der Waals surface area contributed by atoms with Crippen molar-refractivity contribution in [1.82, 2.24) is 0 Å². The van der Waals surface area contributed by atoms with Gasteiger partial charge in [-0.15, -0.1) is 0 Å². The normalized spacial score (nSPS) is 11.6. The van der Waals surface area contributed by atoms with Crippen molar-refractivity contribution in [2.24, 2.45) is 5.92 Å². The van der Waals surface area contributed by atoms with Gasteiger partial charge in [0, 0.05) is 11.4 Å². The number of methoxy groups -OCH3 is 1. The molecule has 2 aromatic carbocycles. The first kappa shape index (κ1) is 18.1. The molecule has 0 saturated heterocycles. The molecular formula is C19H21NO3S. The van der Waals surface area contributed by atoms with E-state index in [1.54, 1.807) is 12.1 Å². The van der Waals surface area contributed by atoms with E-state index in [9.17, 15) is 9.59 Å². The lowest BCUT2D eigenvalue weighted by Gasteiger charge is -2.26. The lowest BCUT2D eigenvalue weighted by molar-refractivity contribution is -0.140. The van der Waals surface area contributed by atoms with Crippen molar-refractivity contribution >= 4 is 30.2 Å². The highest BCUT2D eigenvalue weighted by molar-refractivity contribution is 7.80. The van der Waals surface area contributed by atoms with Crippen LogP contribution in [-0.4, -0.2) is 31.3 Å². The summed E-state index contributed by atoms with van der Waals surface area (Å²) in [5.74, 6) is -0.506. The van der Waals surface area contributed by atoms with Crippen LogP contribution in [0.5, 0.6) is 0 Å². The lowest BCUT2D eigenvalue weighted by Crippen LogP contribution is -2.41. The number of hydrogen-bond acceptors (Lipinski definition) is 4. The number of benzene rings is 2. The van der Waals surface area contributed by atoms with Crippen LogP contribution in [0.25, 0.3) is 0 Å². The van der Waals surface area contributed by atoms with Crippen molar-refractivity contribution in [1.29, 1.82) is 0 Å². The molecule has 2 rings (SSSR count). The van der Waals surface area contributed by atoms with Gasteiger partial charge in [0.2, 0.25) is 5.91 Å². The Kier molecular flexibility index (Phi) is 6.88. The van der Waals surface area contributed by atoms with E-state index in [4.69, 9.17) is 4.74 Å². The van der Waals surface area contributed by atoms with Crippen LogP contribution in [0.1, 0.15) is 5.56 Å². The molecule has 24 heavy (non-hydrogen) atoms. The summed E-state index contributed by atoms with van der Waals surface area (Å²) < 4.78 is 4.73. The van der Waals surface area contributed by atoms with Crippen molar-refractivity contribution in [2.75, 3.05) is 24.3 Å². The molecule has 0 aliphatic heterocycles. The number of thiol groups is 1. The Morgan fingerprint density at radius 2 is 1.62 bits per heavy atom. The monoisotopic (exact) mass is 343 g/mol. The van der Waals surface area contributed by atoms with Crippen LogP contribution in [0.4, 0.5) is 5.69 Å². The van der Waals surface area contributed by atoms with Crippen molar-refractivity contribution < 1.29 is 14.3 Å². The van der Waals surface area contributed by atoms with Gasteiger partial charge >= 0.3 is 5.97 Å². The molecular weight excluding hydrogens is 322 g/mol. The van der Waals surface area contributed by atoms with Crippen molar-refractivity contribution in [3.63, 3.8) is 0 Å². The van der Waals surface area contributed by atoms with Gasteiger partial charge in [0.25, 0.3) is 0 Å². The topological polar surface area (TPSA) is 46.6 Å². The highest BCUT2D eigenvalue weighted by Crippen LogP contribution is 2.20. The Balaban J connectivity index is 2.23. The van der Waals surface area contributed by atoms with Gasteiger partial charge in [-0.1, -0.05) is 48.5 Å². The minimum atomic E-state index is -0.454. The molecule has 0 saturated carbocycles. The van der Waals surface area contributed by atoms with E-state index in [0.717, 1.165) is 5.56 Å². The Labute approximate surface area is 147 Å². The van der Waals surface area contributed by atoms with Crippen LogP contribution in [0.2, 0.25) is 0 Å². The van der Waals surface area contributed by atoms with Crippen molar-refractivity contribution in [3.05, 3.63) is 66.2 Å². The zero-order chi connectivity index (χ0) is 17.4. The highest BCUT2D eigenvalue weighted by Gasteiger charge is 2.26. The number of para-hydroxylation sites is 1. The summed E-state index contributed by atoms with van der Waals surface area (Å²) in [7, 11) is 1.32. The van der Waals surface area contributed by atoms with Crippen LogP contribution >= 0.6 is 12.6 Å². The molecule has 0 spiro atoms. The SMILES string of the molecule is COC(=O)CN(C(=O)[C@H](CS)Cc1ccccc1)c1ccccc1. The summed E-state index contributed by atoms with van der Waals surface area (Å²) >= 11 is 4.34.